The number of benzene rings is 1. The first-order valence-electron chi connectivity index (χ1n) is 8.78. The molecule has 0 aromatic heterocycles. The van der Waals surface area contributed by atoms with Crippen molar-refractivity contribution in [2.75, 3.05) is 33.8 Å². The van der Waals surface area contributed by atoms with Crippen LogP contribution in [0.1, 0.15) is 39.4 Å². The molecule has 1 rings (SSSR count). The lowest BCUT2D eigenvalue weighted by atomic mass is 10.1. The smallest absolute Gasteiger partial charge is 0.240 e. The van der Waals surface area contributed by atoms with Gasteiger partial charge in [0, 0.05) is 19.1 Å². The summed E-state index contributed by atoms with van der Waals surface area (Å²) in [7, 11) is 3.38. The predicted molar refractivity (Wildman–Crippen MR) is 104 cm³/mol. The number of ether oxygens (including phenoxy) is 1. The molecule has 1 aromatic rings. The first kappa shape index (κ1) is 21.8. The monoisotopic (exact) mass is 364 g/mol. The maximum atomic E-state index is 12.1. The van der Waals surface area contributed by atoms with Crippen LogP contribution < -0.4 is 15.4 Å². The highest BCUT2D eigenvalue weighted by Gasteiger charge is 2.17. The SMILES string of the molecule is CCNC(=NCC(O)c1cccc(OC)c1)N(C)CC(=O)NC(C)(C)C. The van der Waals surface area contributed by atoms with Crippen LogP contribution in [0.3, 0.4) is 0 Å². The normalized spacial score (nSPS) is 13.1. The Labute approximate surface area is 156 Å². The molecule has 0 radical (unpaired) electrons. The topological polar surface area (TPSA) is 86.2 Å². The molecular weight excluding hydrogens is 332 g/mol. The largest absolute Gasteiger partial charge is 0.497 e. The molecule has 1 amide bonds. The second-order valence-electron chi connectivity index (χ2n) is 7.14. The van der Waals surface area contributed by atoms with Gasteiger partial charge in [0.15, 0.2) is 5.96 Å². The fourth-order valence-electron chi connectivity index (χ4n) is 2.34. The number of amides is 1. The number of nitrogens with zero attached hydrogens (tertiary/aromatic N) is 2. The lowest BCUT2D eigenvalue weighted by Crippen LogP contribution is -2.48. The Hall–Kier alpha value is -2.28. The van der Waals surface area contributed by atoms with Crippen LogP contribution in [-0.2, 0) is 4.79 Å². The summed E-state index contributed by atoms with van der Waals surface area (Å²) in [6, 6.07) is 7.27. The Balaban J connectivity index is 2.76. The number of aliphatic hydroxyl groups is 1. The number of carbonyl (C=O) groups is 1. The van der Waals surface area contributed by atoms with Gasteiger partial charge < -0.3 is 25.4 Å². The van der Waals surface area contributed by atoms with Gasteiger partial charge in [0.25, 0.3) is 0 Å². The fourth-order valence-corrected chi connectivity index (χ4v) is 2.34. The first-order valence-corrected chi connectivity index (χ1v) is 8.78. The zero-order chi connectivity index (χ0) is 19.7. The minimum atomic E-state index is -0.754. The van der Waals surface area contributed by atoms with E-state index in [-0.39, 0.29) is 24.5 Å². The van der Waals surface area contributed by atoms with Gasteiger partial charge in [0.2, 0.25) is 5.91 Å². The van der Waals surface area contributed by atoms with Gasteiger partial charge in [-0.25, -0.2) is 0 Å². The summed E-state index contributed by atoms with van der Waals surface area (Å²) in [6.45, 7) is 8.80. The lowest BCUT2D eigenvalue weighted by molar-refractivity contribution is -0.122. The molecule has 1 unspecified atom stereocenters. The van der Waals surface area contributed by atoms with Gasteiger partial charge in [0.1, 0.15) is 5.75 Å². The van der Waals surface area contributed by atoms with Gasteiger partial charge in [-0.3, -0.25) is 9.79 Å². The van der Waals surface area contributed by atoms with Crippen molar-refractivity contribution < 1.29 is 14.6 Å². The Kier molecular flexibility index (Phi) is 8.38. The summed E-state index contributed by atoms with van der Waals surface area (Å²) in [5.41, 5.74) is 0.452. The van der Waals surface area contributed by atoms with E-state index in [2.05, 4.69) is 15.6 Å². The Morgan fingerprint density at radius 3 is 2.65 bits per heavy atom. The molecule has 0 heterocycles. The third-order valence-corrected chi connectivity index (χ3v) is 3.48. The highest BCUT2D eigenvalue weighted by molar-refractivity contribution is 5.86. The van der Waals surface area contributed by atoms with Crippen molar-refractivity contribution in [3.05, 3.63) is 29.8 Å². The number of nitrogens with one attached hydrogen (secondary N) is 2. The van der Waals surface area contributed by atoms with E-state index in [0.29, 0.717) is 18.3 Å². The number of hydrogen-bond acceptors (Lipinski definition) is 4. The molecule has 0 saturated heterocycles. The van der Waals surface area contributed by atoms with Crippen molar-refractivity contribution >= 4 is 11.9 Å². The summed E-state index contributed by atoms with van der Waals surface area (Å²) >= 11 is 0. The number of hydrogen-bond donors (Lipinski definition) is 3. The molecule has 0 spiro atoms. The average Bonchev–Trinajstić information content (AvgIpc) is 2.56. The van der Waals surface area contributed by atoms with Crippen molar-refractivity contribution in [1.29, 1.82) is 0 Å². The van der Waals surface area contributed by atoms with Crippen LogP contribution in [0.2, 0.25) is 0 Å². The van der Waals surface area contributed by atoms with Crippen LogP contribution in [0, 0.1) is 0 Å². The van der Waals surface area contributed by atoms with Gasteiger partial charge >= 0.3 is 0 Å². The van der Waals surface area contributed by atoms with E-state index in [1.54, 1.807) is 25.1 Å². The molecule has 0 aliphatic carbocycles. The number of guanidine groups is 1. The second kappa shape index (κ2) is 10.0. The fraction of sp³-hybridized carbons (Fsp3) is 0.579. The highest BCUT2D eigenvalue weighted by Crippen LogP contribution is 2.19. The molecular formula is C19H32N4O3. The van der Waals surface area contributed by atoms with Gasteiger partial charge in [-0.05, 0) is 45.4 Å². The average molecular weight is 364 g/mol. The summed E-state index contributed by atoms with van der Waals surface area (Å²) in [5.74, 6) is 1.17. The molecule has 0 aliphatic rings. The molecule has 7 heteroatoms. The second-order valence-corrected chi connectivity index (χ2v) is 7.14. The molecule has 0 bridgehead atoms. The number of rotatable bonds is 7. The Morgan fingerprint density at radius 1 is 1.38 bits per heavy atom. The van der Waals surface area contributed by atoms with Crippen LogP contribution in [0.4, 0.5) is 0 Å². The summed E-state index contributed by atoms with van der Waals surface area (Å²) < 4.78 is 5.18. The van der Waals surface area contributed by atoms with Gasteiger partial charge in [0.05, 0.1) is 26.3 Å². The Morgan fingerprint density at radius 2 is 2.08 bits per heavy atom. The minimum Gasteiger partial charge on any atom is -0.497 e. The third-order valence-electron chi connectivity index (χ3n) is 3.48. The third kappa shape index (κ3) is 7.74. The van der Waals surface area contributed by atoms with Crippen molar-refractivity contribution in [1.82, 2.24) is 15.5 Å². The number of aliphatic hydroxyl groups excluding tert-OH is 1. The van der Waals surface area contributed by atoms with E-state index < -0.39 is 6.10 Å². The number of likely N-dealkylation sites (N-methyl/N-ethyl adjacent to an activating group) is 1. The molecule has 7 nitrogen and oxygen atoms in total. The van der Waals surface area contributed by atoms with Gasteiger partial charge in [-0.15, -0.1) is 0 Å². The number of aliphatic imine (C=N–C) groups is 1. The summed E-state index contributed by atoms with van der Waals surface area (Å²) in [6.07, 6.45) is -0.754. The molecule has 0 saturated carbocycles. The van der Waals surface area contributed by atoms with Crippen LogP contribution >= 0.6 is 0 Å². The summed E-state index contributed by atoms with van der Waals surface area (Å²) in [5, 5.41) is 16.4. The molecule has 1 aromatic carbocycles. The number of carbonyl (C=O) groups excluding carboxylic acids is 1. The first-order chi connectivity index (χ1) is 12.2. The predicted octanol–water partition coefficient (Wildman–Crippen LogP) is 1.54. The maximum Gasteiger partial charge on any atom is 0.240 e. The zero-order valence-electron chi connectivity index (χ0n) is 16.7. The molecule has 26 heavy (non-hydrogen) atoms. The van der Waals surface area contributed by atoms with Crippen molar-refractivity contribution in [2.45, 2.75) is 39.3 Å². The van der Waals surface area contributed by atoms with Crippen LogP contribution in [0.15, 0.2) is 29.3 Å². The number of methoxy groups -OCH3 is 1. The standard InChI is InChI=1S/C19H32N4O3/c1-7-20-18(23(5)13-17(25)22-19(2,3)4)21-12-16(24)14-9-8-10-15(11-14)26-6/h8-11,16,24H,7,12-13H2,1-6H3,(H,20,21)(H,22,25). The lowest BCUT2D eigenvalue weighted by Gasteiger charge is -2.25. The Bertz CT molecular complexity index is 611. The van der Waals surface area contributed by atoms with Crippen LogP contribution in [0.25, 0.3) is 0 Å². The van der Waals surface area contributed by atoms with E-state index in [0.717, 1.165) is 5.56 Å². The van der Waals surface area contributed by atoms with E-state index in [4.69, 9.17) is 4.74 Å². The maximum absolute atomic E-state index is 12.1. The highest BCUT2D eigenvalue weighted by atomic mass is 16.5. The van der Waals surface area contributed by atoms with E-state index >= 15 is 0 Å². The van der Waals surface area contributed by atoms with Crippen molar-refractivity contribution in [3.8, 4) is 5.75 Å². The van der Waals surface area contributed by atoms with E-state index in [9.17, 15) is 9.90 Å². The minimum absolute atomic E-state index is 0.0843. The van der Waals surface area contributed by atoms with E-state index in [1.807, 2.05) is 45.9 Å². The molecule has 1 atom stereocenters. The quantitative estimate of drug-likeness (QED) is 0.505. The summed E-state index contributed by atoms with van der Waals surface area (Å²) in [4.78, 5) is 18.3. The molecule has 3 N–H and O–H groups in total. The van der Waals surface area contributed by atoms with Gasteiger partial charge in [-0.2, -0.15) is 0 Å². The van der Waals surface area contributed by atoms with Crippen molar-refractivity contribution in [2.24, 2.45) is 4.99 Å². The molecule has 146 valence electrons. The van der Waals surface area contributed by atoms with Crippen LogP contribution in [-0.4, -0.2) is 61.2 Å². The van der Waals surface area contributed by atoms with Crippen LogP contribution in [0.5, 0.6) is 5.75 Å². The van der Waals surface area contributed by atoms with Gasteiger partial charge in [-0.1, -0.05) is 12.1 Å². The van der Waals surface area contributed by atoms with E-state index in [1.165, 1.54) is 0 Å². The zero-order valence-corrected chi connectivity index (χ0v) is 16.7. The van der Waals surface area contributed by atoms with Crippen molar-refractivity contribution in [3.63, 3.8) is 0 Å². The molecule has 0 fully saturated rings. The molecule has 0 aliphatic heterocycles.